The van der Waals surface area contributed by atoms with Gasteiger partial charge in [0.05, 0.1) is 7.11 Å². The molecule has 1 fully saturated rings. The fourth-order valence-electron chi connectivity index (χ4n) is 4.73. The lowest BCUT2D eigenvalue weighted by Crippen LogP contribution is -2.64. The monoisotopic (exact) mass is 565 g/mol. The number of allylic oxidation sites excluding steroid dienone is 1. The largest absolute Gasteiger partial charge is 0.497 e. The molecule has 13 heteroatoms. The van der Waals surface area contributed by atoms with Gasteiger partial charge in [0.25, 0.3) is 5.91 Å². The van der Waals surface area contributed by atoms with E-state index in [2.05, 4.69) is 15.6 Å². The Bertz CT molecular complexity index is 1490. The maximum Gasteiger partial charge on any atom is 0.433 e. The first-order chi connectivity index (χ1) is 19.3. The van der Waals surface area contributed by atoms with Crippen LogP contribution in [0.3, 0.4) is 0 Å². The Kier molecular flexibility index (Phi) is 7.49. The number of amides is 4. The predicted molar refractivity (Wildman–Crippen MR) is 141 cm³/mol. The molecule has 206 valence electrons. The summed E-state index contributed by atoms with van der Waals surface area (Å²) >= 11 is 0.909. The zero-order chi connectivity index (χ0) is 28.3. The van der Waals surface area contributed by atoms with Crippen LogP contribution in [0.4, 0.5) is 9.93 Å². The van der Waals surface area contributed by atoms with E-state index in [1.54, 1.807) is 24.3 Å². The van der Waals surface area contributed by atoms with Crippen molar-refractivity contribution < 1.29 is 43.0 Å². The number of thiazole rings is 1. The summed E-state index contributed by atoms with van der Waals surface area (Å²) in [7, 11) is 1.50. The van der Waals surface area contributed by atoms with Crippen molar-refractivity contribution in [2.24, 2.45) is 0 Å². The molecule has 2 atom stereocenters. The molecule has 40 heavy (non-hydrogen) atoms. The zero-order valence-corrected chi connectivity index (χ0v) is 22.1. The van der Waals surface area contributed by atoms with E-state index < -0.39 is 34.3 Å². The van der Waals surface area contributed by atoms with Crippen LogP contribution in [0.25, 0.3) is 0 Å². The minimum atomic E-state index is -1.37. The van der Waals surface area contributed by atoms with Crippen molar-refractivity contribution in [3.63, 3.8) is 0 Å². The first kappa shape index (κ1) is 26.8. The lowest BCUT2D eigenvalue weighted by molar-refractivity contribution is -0.763. The number of carbonyl (C=O) groups is 4. The first-order valence-electron chi connectivity index (χ1n) is 12.2. The van der Waals surface area contributed by atoms with E-state index >= 15 is 0 Å². The molecule has 3 N–H and O–H groups in total. The summed E-state index contributed by atoms with van der Waals surface area (Å²) in [6, 6.07) is 14.1. The molecule has 2 aliphatic rings. The van der Waals surface area contributed by atoms with Gasteiger partial charge < -0.3 is 19.3 Å². The van der Waals surface area contributed by atoms with Gasteiger partial charge in [-0.15, -0.1) is 11.3 Å². The molecule has 1 saturated heterocycles. The number of rotatable bonds is 10. The summed E-state index contributed by atoms with van der Waals surface area (Å²) in [5.74, 6) is -1.89. The maximum absolute atomic E-state index is 14.0. The van der Waals surface area contributed by atoms with E-state index in [9.17, 15) is 24.3 Å². The van der Waals surface area contributed by atoms with Gasteiger partial charge in [-0.25, -0.2) is 19.4 Å². The molecule has 0 radical (unpaired) electrons. The number of urea groups is 1. The third-order valence-corrected chi connectivity index (χ3v) is 7.34. The SMILES string of the molecule is COc1cccc(C[C@@H](C(=O)Nc2nc(C(=O)O)cs2)[N+]2(C3=C(Cc4ccccc4)OCO3)C(=O)CNC2=O)c1. The molecule has 2 aromatic carbocycles. The number of hydrogen-bond acceptors (Lipinski definition) is 9. The number of aromatic carboxylic acids is 1. The predicted octanol–water partition coefficient (Wildman–Crippen LogP) is 2.88. The molecular weight excluding hydrogens is 540 g/mol. The van der Waals surface area contributed by atoms with Gasteiger partial charge in [0.2, 0.25) is 12.6 Å². The van der Waals surface area contributed by atoms with Gasteiger partial charge in [0.1, 0.15) is 12.3 Å². The van der Waals surface area contributed by atoms with Gasteiger partial charge in [-0.2, -0.15) is 0 Å². The van der Waals surface area contributed by atoms with Crippen LogP contribution in [0.15, 0.2) is 71.6 Å². The van der Waals surface area contributed by atoms with Gasteiger partial charge >= 0.3 is 23.8 Å². The molecular formula is C27H25N4O8S+. The number of ether oxygens (including phenoxy) is 3. The van der Waals surface area contributed by atoms with Gasteiger partial charge in [0, 0.05) is 18.2 Å². The second-order valence-corrected chi connectivity index (χ2v) is 9.83. The second kappa shape index (κ2) is 11.2. The van der Waals surface area contributed by atoms with Crippen LogP contribution in [-0.2, 0) is 31.9 Å². The van der Waals surface area contributed by atoms with Crippen molar-refractivity contribution >= 4 is 40.3 Å². The molecule has 3 heterocycles. The molecule has 0 spiro atoms. The fraction of sp³-hybridized carbons (Fsp3) is 0.222. The van der Waals surface area contributed by atoms with Gasteiger partial charge in [-0.3, -0.25) is 15.4 Å². The van der Waals surface area contributed by atoms with Crippen molar-refractivity contribution in [2.45, 2.75) is 18.9 Å². The van der Waals surface area contributed by atoms with Crippen LogP contribution in [0, 0.1) is 0 Å². The highest BCUT2D eigenvalue weighted by molar-refractivity contribution is 7.14. The Morgan fingerprint density at radius 1 is 1.15 bits per heavy atom. The first-order valence-corrected chi connectivity index (χ1v) is 13.1. The van der Waals surface area contributed by atoms with Gasteiger partial charge in [-0.1, -0.05) is 46.9 Å². The Morgan fingerprint density at radius 3 is 2.60 bits per heavy atom. The van der Waals surface area contributed by atoms with Crippen molar-refractivity contribution in [1.82, 2.24) is 10.3 Å². The van der Waals surface area contributed by atoms with Crippen molar-refractivity contribution in [3.05, 3.63) is 88.4 Å². The Hall–Kier alpha value is -4.75. The number of nitrogens with zero attached hydrogens (tertiary/aromatic N) is 2. The third kappa shape index (κ3) is 4.99. The number of quaternary nitrogens is 1. The van der Waals surface area contributed by atoms with Crippen LogP contribution in [0.1, 0.15) is 21.6 Å². The highest BCUT2D eigenvalue weighted by atomic mass is 32.1. The normalized spacial score (nSPS) is 19.0. The fourth-order valence-corrected chi connectivity index (χ4v) is 5.41. The second-order valence-electron chi connectivity index (χ2n) is 8.98. The van der Waals surface area contributed by atoms with Crippen molar-refractivity contribution in [2.75, 3.05) is 25.8 Å². The van der Waals surface area contributed by atoms with Crippen LogP contribution in [-0.4, -0.2) is 64.9 Å². The zero-order valence-electron chi connectivity index (χ0n) is 21.3. The number of carboxylic acids is 1. The van der Waals surface area contributed by atoms with Gasteiger partial charge in [0.15, 0.2) is 16.9 Å². The average Bonchev–Trinajstić information content (AvgIpc) is 3.68. The Labute approximate surface area is 232 Å². The summed E-state index contributed by atoms with van der Waals surface area (Å²) < 4.78 is 15.8. The molecule has 12 nitrogen and oxygen atoms in total. The summed E-state index contributed by atoms with van der Waals surface area (Å²) in [5.41, 5.74) is 1.21. The standard InChI is InChI=1S/C27H24N4O8S/c1-37-18-9-5-8-17(10-18)11-20(23(33)30-26-29-19(14-40-26)25(34)35)31(22(32)13-28-27(31)36)24-21(38-15-39-24)12-16-6-3-2-4-7-16/h2-10,14,20H,11-13,15H2,1H3,(H2-,28,29,30,33,34,35,36)/p+1/t20-,31?/m0/s1. The number of imide groups is 1. The van der Waals surface area contributed by atoms with Crippen LogP contribution in [0.2, 0.25) is 0 Å². The maximum atomic E-state index is 14.0. The molecule has 5 rings (SSSR count). The lowest BCUT2D eigenvalue weighted by Gasteiger charge is -2.33. The number of aromatic nitrogens is 1. The minimum Gasteiger partial charge on any atom is -0.497 e. The molecule has 1 unspecified atom stereocenters. The molecule has 2 aliphatic heterocycles. The highest BCUT2D eigenvalue weighted by Gasteiger charge is 2.64. The smallest absolute Gasteiger partial charge is 0.433 e. The van der Waals surface area contributed by atoms with E-state index in [1.165, 1.54) is 12.5 Å². The molecule has 0 bridgehead atoms. The van der Waals surface area contributed by atoms with Crippen LogP contribution < -0.4 is 15.4 Å². The quantitative estimate of drug-likeness (QED) is 0.249. The third-order valence-electron chi connectivity index (χ3n) is 6.59. The number of carbonyl (C=O) groups excluding carboxylic acids is 3. The van der Waals surface area contributed by atoms with E-state index in [0.717, 1.165) is 16.9 Å². The minimum absolute atomic E-state index is 0.00493. The Morgan fingerprint density at radius 2 is 1.93 bits per heavy atom. The molecule has 0 aliphatic carbocycles. The number of nitrogens with one attached hydrogen (secondary N) is 2. The summed E-state index contributed by atoms with van der Waals surface area (Å²) in [4.78, 5) is 56.6. The van der Waals surface area contributed by atoms with Gasteiger partial charge in [-0.05, 0) is 23.3 Å². The van der Waals surface area contributed by atoms with Crippen molar-refractivity contribution in [1.29, 1.82) is 0 Å². The Balaban J connectivity index is 1.62. The van der Waals surface area contributed by atoms with E-state index in [1.807, 2.05) is 30.3 Å². The number of carboxylic acid groups (broad SMARTS) is 1. The van der Waals surface area contributed by atoms with E-state index in [4.69, 9.17) is 14.2 Å². The average molecular weight is 566 g/mol. The highest BCUT2D eigenvalue weighted by Crippen LogP contribution is 2.37. The number of anilines is 1. The number of methoxy groups -OCH3 is 1. The topological polar surface area (TPSA) is 153 Å². The van der Waals surface area contributed by atoms with Crippen LogP contribution in [0.5, 0.6) is 5.75 Å². The molecule has 3 aromatic rings. The molecule has 4 amide bonds. The molecule has 1 aromatic heterocycles. The summed E-state index contributed by atoms with van der Waals surface area (Å²) in [5, 5.41) is 15.7. The summed E-state index contributed by atoms with van der Waals surface area (Å²) in [6.45, 7) is -0.563. The number of benzene rings is 2. The van der Waals surface area contributed by atoms with E-state index in [-0.39, 0.29) is 48.6 Å². The van der Waals surface area contributed by atoms with E-state index in [0.29, 0.717) is 11.3 Å². The molecule has 0 saturated carbocycles. The summed E-state index contributed by atoms with van der Waals surface area (Å²) in [6.07, 6.45) is 0.142. The lowest BCUT2D eigenvalue weighted by atomic mass is 10.0. The number of hydrogen-bond donors (Lipinski definition) is 3. The van der Waals surface area contributed by atoms with Crippen molar-refractivity contribution in [3.8, 4) is 5.75 Å². The van der Waals surface area contributed by atoms with Crippen LogP contribution >= 0.6 is 11.3 Å².